The summed E-state index contributed by atoms with van der Waals surface area (Å²) in [5.74, 6) is 0.0511. The number of sulfonamides is 1. The Bertz CT molecular complexity index is 1570. The predicted molar refractivity (Wildman–Crippen MR) is 148 cm³/mol. The molecule has 3 aromatic carbocycles. The zero-order valence-electron chi connectivity index (χ0n) is 21.1. The Morgan fingerprint density at radius 2 is 1.73 bits per heavy atom. The second-order valence-corrected chi connectivity index (χ2v) is 11.7. The molecule has 1 amide bonds. The number of ether oxygens (including phenoxy) is 1. The van der Waals surface area contributed by atoms with Gasteiger partial charge in [0.25, 0.3) is 10.0 Å². The SMILES string of the molecule is CCOc1ccc(S(=O)(=O)N(CC(=O)Nc2ccc3c(c2)sc(=O)n3C(C)C)c2ccc(C)cc2)cc1. The van der Waals surface area contributed by atoms with E-state index in [0.717, 1.165) is 31.4 Å². The van der Waals surface area contributed by atoms with Crippen molar-refractivity contribution in [3.05, 3.63) is 82.0 Å². The van der Waals surface area contributed by atoms with Crippen molar-refractivity contribution in [3.63, 3.8) is 0 Å². The topological polar surface area (TPSA) is 97.7 Å². The highest BCUT2D eigenvalue weighted by molar-refractivity contribution is 7.92. The standard InChI is InChI=1S/C27H29N3O5S2/c1-5-35-22-11-13-23(14-12-22)37(33,34)29(21-9-6-19(4)7-10-21)17-26(31)28-20-8-15-24-25(16-20)36-27(32)30(24)18(2)3/h6-16,18H,5,17H2,1-4H3,(H,28,31). The summed E-state index contributed by atoms with van der Waals surface area (Å²) in [5.41, 5.74) is 2.61. The molecule has 194 valence electrons. The Balaban J connectivity index is 1.63. The van der Waals surface area contributed by atoms with E-state index in [0.29, 0.717) is 23.7 Å². The van der Waals surface area contributed by atoms with Crippen molar-refractivity contribution in [1.82, 2.24) is 4.57 Å². The summed E-state index contributed by atoms with van der Waals surface area (Å²) in [6.07, 6.45) is 0. The second kappa shape index (κ2) is 10.8. The second-order valence-electron chi connectivity index (χ2n) is 8.81. The molecule has 0 spiro atoms. The highest BCUT2D eigenvalue weighted by Gasteiger charge is 2.27. The van der Waals surface area contributed by atoms with E-state index in [1.54, 1.807) is 59.2 Å². The van der Waals surface area contributed by atoms with Crippen LogP contribution in [0.5, 0.6) is 5.75 Å². The molecule has 0 bridgehead atoms. The van der Waals surface area contributed by atoms with Crippen LogP contribution in [-0.4, -0.2) is 32.0 Å². The van der Waals surface area contributed by atoms with Crippen molar-refractivity contribution < 1.29 is 17.9 Å². The number of amides is 1. The molecule has 0 fully saturated rings. The minimum Gasteiger partial charge on any atom is -0.494 e. The van der Waals surface area contributed by atoms with Gasteiger partial charge in [-0.25, -0.2) is 8.42 Å². The summed E-state index contributed by atoms with van der Waals surface area (Å²) < 4.78 is 36.2. The number of hydrogen-bond donors (Lipinski definition) is 1. The van der Waals surface area contributed by atoms with Gasteiger partial charge in [0.15, 0.2) is 0 Å². The van der Waals surface area contributed by atoms with Gasteiger partial charge in [-0.1, -0.05) is 29.0 Å². The maximum absolute atomic E-state index is 13.6. The molecule has 4 aromatic rings. The van der Waals surface area contributed by atoms with Crippen LogP contribution < -0.4 is 19.2 Å². The van der Waals surface area contributed by atoms with E-state index in [9.17, 15) is 18.0 Å². The van der Waals surface area contributed by atoms with E-state index in [-0.39, 0.29) is 15.8 Å². The summed E-state index contributed by atoms with van der Waals surface area (Å²) in [7, 11) is -4.06. The average Bonchev–Trinajstić information content (AvgIpc) is 3.19. The number of nitrogens with one attached hydrogen (secondary N) is 1. The van der Waals surface area contributed by atoms with E-state index in [1.165, 1.54) is 12.1 Å². The zero-order chi connectivity index (χ0) is 26.7. The first-order valence-electron chi connectivity index (χ1n) is 11.9. The fraction of sp³-hybridized carbons (Fsp3) is 0.259. The molecule has 37 heavy (non-hydrogen) atoms. The average molecular weight is 540 g/mol. The summed E-state index contributed by atoms with van der Waals surface area (Å²) in [5, 5.41) is 2.78. The lowest BCUT2D eigenvalue weighted by atomic mass is 10.2. The lowest BCUT2D eigenvalue weighted by molar-refractivity contribution is -0.114. The minimum absolute atomic E-state index is 0.0116. The highest BCUT2D eigenvalue weighted by Crippen LogP contribution is 2.27. The Kier molecular flexibility index (Phi) is 7.70. The fourth-order valence-electron chi connectivity index (χ4n) is 3.96. The van der Waals surface area contributed by atoms with Gasteiger partial charge < -0.3 is 10.1 Å². The van der Waals surface area contributed by atoms with Crippen molar-refractivity contribution in [2.45, 2.75) is 38.6 Å². The van der Waals surface area contributed by atoms with Gasteiger partial charge in [-0.05, 0) is 82.3 Å². The summed E-state index contributed by atoms with van der Waals surface area (Å²) in [6.45, 7) is 7.66. The van der Waals surface area contributed by atoms with Gasteiger partial charge in [0.2, 0.25) is 5.91 Å². The first-order valence-corrected chi connectivity index (χ1v) is 14.1. The van der Waals surface area contributed by atoms with Gasteiger partial charge in [0.1, 0.15) is 12.3 Å². The predicted octanol–water partition coefficient (Wildman–Crippen LogP) is 5.19. The Morgan fingerprint density at radius 1 is 1.05 bits per heavy atom. The molecule has 1 heterocycles. The number of benzene rings is 3. The van der Waals surface area contributed by atoms with Crippen LogP contribution in [0.25, 0.3) is 10.2 Å². The van der Waals surface area contributed by atoms with Crippen LogP contribution >= 0.6 is 11.3 Å². The molecule has 0 unspecified atom stereocenters. The smallest absolute Gasteiger partial charge is 0.308 e. The van der Waals surface area contributed by atoms with Gasteiger partial charge >= 0.3 is 4.87 Å². The van der Waals surface area contributed by atoms with E-state index in [4.69, 9.17) is 4.74 Å². The maximum Gasteiger partial charge on any atom is 0.308 e. The molecule has 10 heteroatoms. The van der Waals surface area contributed by atoms with Gasteiger partial charge in [0.05, 0.1) is 27.4 Å². The molecule has 0 saturated heterocycles. The number of carbonyl (C=O) groups excluding carboxylic acids is 1. The first kappa shape index (κ1) is 26.4. The Labute approximate surface area is 220 Å². The first-order chi connectivity index (χ1) is 17.6. The van der Waals surface area contributed by atoms with Crippen LogP contribution in [0.2, 0.25) is 0 Å². The quantitative estimate of drug-likeness (QED) is 0.316. The molecule has 1 aromatic heterocycles. The molecule has 0 aliphatic rings. The number of aryl methyl sites for hydroxylation is 1. The third kappa shape index (κ3) is 5.70. The van der Waals surface area contributed by atoms with Crippen LogP contribution in [-0.2, 0) is 14.8 Å². The van der Waals surface area contributed by atoms with Crippen LogP contribution in [0.4, 0.5) is 11.4 Å². The molecule has 0 atom stereocenters. The molecule has 0 saturated carbocycles. The molecule has 8 nitrogen and oxygen atoms in total. The van der Waals surface area contributed by atoms with Gasteiger partial charge in [-0.3, -0.25) is 18.5 Å². The number of aromatic nitrogens is 1. The van der Waals surface area contributed by atoms with Gasteiger partial charge in [0, 0.05) is 11.7 Å². The van der Waals surface area contributed by atoms with Crippen LogP contribution in [0, 0.1) is 6.92 Å². The summed E-state index contributed by atoms with van der Waals surface area (Å²) in [6, 6.07) is 18.3. The molecule has 0 aliphatic heterocycles. The summed E-state index contributed by atoms with van der Waals surface area (Å²) in [4.78, 5) is 25.4. The zero-order valence-corrected chi connectivity index (χ0v) is 22.7. The van der Waals surface area contributed by atoms with E-state index in [2.05, 4.69) is 5.32 Å². The van der Waals surface area contributed by atoms with E-state index >= 15 is 0 Å². The lowest BCUT2D eigenvalue weighted by Gasteiger charge is -2.24. The fourth-order valence-corrected chi connectivity index (χ4v) is 6.44. The third-order valence-corrected chi connectivity index (χ3v) is 8.45. The van der Waals surface area contributed by atoms with Crippen molar-refractivity contribution >= 4 is 48.9 Å². The third-order valence-electron chi connectivity index (χ3n) is 5.75. The monoisotopic (exact) mass is 539 g/mol. The van der Waals surface area contributed by atoms with Crippen molar-refractivity contribution in [2.24, 2.45) is 0 Å². The van der Waals surface area contributed by atoms with Crippen LogP contribution in [0.3, 0.4) is 0 Å². The molecular formula is C27H29N3O5S2. The number of thiazole rings is 1. The van der Waals surface area contributed by atoms with Crippen LogP contribution in [0.15, 0.2) is 76.4 Å². The van der Waals surface area contributed by atoms with Crippen LogP contribution in [0.1, 0.15) is 32.4 Å². The number of rotatable bonds is 9. The lowest BCUT2D eigenvalue weighted by Crippen LogP contribution is -2.38. The number of anilines is 2. The summed E-state index contributed by atoms with van der Waals surface area (Å²) >= 11 is 1.11. The highest BCUT2D eigenvalue weighted by atomic mass is 32.2. The number of fused-ring (bicyclic) bond motifs is 1. The van der Waals surface area contributed by atoms with Crippen molar-refractivity contribution in [1.29, 1.82) is 0 Å². The van der Waals surface area contributed by atoms with Crippen molar-refractivity contribution in [2.75, 3.05) is 22.8 Å². The number of hydrogen-bond acceptors (Lipinski definition) is 6. The molecular weight excluding hydrogens is 510 g/mol. The number of nitrogens with zero attached hydrogens (tertiary/aromatic N) is 2. The Hall–Kier alpha value is -3.63. The largest absolute Gasteiger partial charge is 0.494 e. The maximum atomic E-state index is 13.6. The Morgan fingerprint density at radius 3 is 2.35 bits per heavy atom. The molecule has 4 rings (SSSR count). The van der Waals surface area contributed by atoms with E-state index in [1.807, 2.05) is 27.7 Å². The van der Waals surface area contributed by atoms with Crippen molar-refractivity contribution in [3.8, 4) is 5.75 Å². The van der Waals surface area contributed by atoms with Gasteiger partial charge in [-0.2, -0.15) is 0 Å². The van der Waals surface area contributed by atoms with E-state index < -0.39 is 22.5 Å². The molecule has 0 radical (unpaired) electrons. The number of carbonyl (C=O) groups is 1. The molecule has 1 N–H and O–H groups in total. The molecule has 0 aliphatic carbocycles. The van der Waals surface area contributed by atoms with Gasteiger partial charge in [-0.15, -0.1) is 0 Å². The minimum atomic E-state index is -4.06. The normalized spacial score (nSPS) is 11.6.